The molecule has 0 radical (unpaired) electrons. The van der Waals surface area contributed by atoms with E-state index in [9.17, 15) is 14.7 Å². The van der Waals surface area contributed by atoms with Crippen LogP contribution in [0.15, 0.2) is 121 Å². The number of benzene rings is 4. The van der Waals surface area contributed by atoms with Crippen LogP contribution >= 0.6 is 11.8 Å². The minimum atomic E-state index is -0.669. The molecule has 278 valence electrons. The van der Waals surface area contributed by atoms with Crippen LogP contribution in [0.1, 0.15) is 85.2 Å². The van der Waals surface area contributed by atoms with Gasteiger partial charge in [-0.25, -0.2) is 5.48 Å². The molecule has 0 aliphatic carbocycles. The summed E-state index contributed by atoms with van der Waals surface area (Å²) in [6, 6.07) is 34.6. The molecule has 0 saturated carbocycles. The maximum atomic E-state index is 12.6. The molecule has 5 rings (SSSR count). The molecule has 2 amide bonds. The Morgan fingerprint density at radius 3 is 2.02 bits per heavy atom. The van der Waals surface area contributed by atoms with E-state index in [1.165, 1.54) is 11.8 Å². The average Bonchev–Trinajstić information content (AvgIpc) is 3.21. The van der Waals surface area contributed by atoms with E-state index in [4.69, 9.17) is 25.2 Å². The number of aliphatic hydroxyl groups excluding tert-OH is 1. The van der Waals surface area contributed by atoms with Crippen LogP contribution in [0.4, 0.5) is 5.69 Å². The molecule has 53 heavy (non-hydrogen) atoms. The van der Waals surface area contributed by atoms with Gasteiger partial charge < -0.3 is 30.4 Å². The van der Waals surface area contributed by atoms with Gasteiger partial charge in [0.1, 0.15) is 0 Å². The van der Waals surface area contributed by atoms with Crippen LogP contribution in [0.2, 0.25) is 0 Å². The number of nitrogens with two attached hydrogens (primary N) is 1. The maximum Gasteiger partial charge on any atom is 0.243 e. The fourth-order valence-electron chi connectivity index (χ4n) is 5.89. The van der Waals surface area contributed by atoms with Crippen molar-refractivity contribution < 1.29 is 34.1 Å². The lowest BCUT2D eigenvalue weighted by Crippen LogP contribution is -2.31. The van der Waals surface area contributed by atoms with Gasteiger partial charge in [0.2, 0.25) is 11.8 Å². The normalized spacial score (nSPS) is 17.4. The van der Waals surface area contributed by atoms with Crippen molar-refractivity contribution in [2.75, 3.05) is 11.1 Å². The highest BCUT2D eigenvalue weighted by Crippen LogP contribution is 2.40. The minimum Gasteiger partial charge on any atom is -0.448 e. The van der Waals surface area contributed by atoms with Gasteiger partial charge in [-0.2, -0.15) is 0 Å². The predicted octanol–water partition coefficient (Wildman–Crippen LogP) is 8.21. The number of hydroxylamine groups is 1. The SMILES string of the molecule is C=C(O/C(=C(\N)c1ccccc1)c1ccccc1)SCC1CC(c2ccc(CO)cc2)OC(c2ccc(NC(=O)CCCCCCC(=O)NO)cc2)O1. The number of anilines is 1. The number of hydrogen-bond acceptors (Lipinski definition) is 9. The Labute approximate surface area is 315 Å². The predicted molar refractivity (Wildman–Crippen MR) is 208 cm³/mol. The monoisotopic (exact) mass is 737 g/mol. The smallest absolute Gasteiger partial charge is 0.243 e. The van der Waals surface area contributed by atoms with Gasteiger partial charge in [-0.1, -0.05) is 122 Å². The van der Waals surface area contributed by atoms with Gasteiger partial charge in [-0.15, -0.1) is 0 Å². The first-order chi connectivity index (χ1) is 25.8. The third-order valence-electron chi connectivity index (χ3n) is 8.78. The molecule has 1 aliphatic heterocycles. The van der Waals surface area contributed by atoms with Crippen LogP contribution in [-0.2, 0) is 30.4 Å². The summed E-state index contributed by atoms with van der Waals surface area (Å²) in [7, 11) is 0. The van der Waals surface area contributed by atoms with E-state index >= 15 is 0 Å². The van der Waals surface area contributed by atoms with Gasteiger partial charge in [-0.05, 0) is 42.7 Å². The molecule has 11 heteroatoms. The summed E-state index contributed by atoms with van der Waals surface area (Å²) in [6.07, 6.45) is 3.04. The van der Waals surface area contributed by atoms with Gasteiger partial charge in [0.25, 0.3) is 0 Å². The van der Waals surface area contributed by atoms with Crippen molar-refractivity contribution in [1.29, 1.82) is 0 Å². The van der Waals surface area contributed by atoms with Crippen molar-refractivity contribution in [3.8, 4) is 0 Å². The summed E-state index contributed by atoms with van der Waals surface area (Å²) in [4.78, 5) is 23.7. The first-order valence-corrected chi connectivity index (χ1v) is 18.7. The summed E-state index contributed by atoms with van der Waals surface area (Å²) in [5.74, 6) is 0.584. The van der Waals surface area contributed by atoms with Crippen molar-refractivity contribution >= 4 is 40.7 Å². The summed E-state index contributed by atoms with van der Waals surface area (Å²) >= 11 is 1.45. The lowest BCUT2D eigenvalue weighted by atomic mass is 10.0. The molecule has 1 heterocycles. The molecule has 0 spiro atoms. The molecule has 1 fully saturated rings. The average molecular weight is 738 g/mol. The second kappa shape index (κ2) is 20.4. The summed E-state index contributed by atoms with van der Waals surface area (Å²) < 4.78 is 19.4. The number of carbonyl (C=O) groups is 2. The molecule has 10 nitrogen and oxygen atoms in total. The molecular formula is C42H47N3O7S. The fourth-order valence-corrected chi connectivity index (χ4v) is 6.62. The number of amides is 2. The van der Waals surface area contributed by atoms with E-state index in [0.717, 1.165) is 40.7 Å². The van der Waals surface area contributed by atoms with E-state index in [1.807, 2.05) is 109 Å². The number of nitrogens with one attached hydrogen (secondary N) is 2. The maximum absolute atomic E-state index is 12.6. The Hall–Kier alpha value is -4.91. The van der Waals surface area contributed by atoms with E-state index in [-0.39, 0.29) is 31.1 Å². The molecule has 3 atom stereocenters. The molecule has 0 bridgehead atoms. The van der Waals surface area contributed by atoms with E-state index in [0.29, 0.717) is 53.7 Å². The van der Waals surface area contributed by atoms with Crippen molar-refractivity contribution in [2.24, 2.45) is 5.73 Å². The second-order valence-electron chi connectivity index (χ2n) is 12.7. The summed E-state index contributed by atoms with van der Waals surface area (Å²) in [5.41, 5.74) is 13.7. The summed E-state index contributed by atoms with van der Waals surface area (Å²) in [6.45, 7) is 4.17. The highest BCUT2D eigenvalue weighted by molar-refractivity contribution is 8.02. The van der Waals surface area contributed by atoms with E-state index in [1.54, 1.807) is 5.48 Å². The Bertz CT molecular complexity index is 1800. The molecule has 1 saturated heterocycles. The number of rotatable bonds is 18. The van der Waals surface area contributed by atoms with Gasteiger partial charge in [-0.3, -0.25) is 14.8 Å². The fraction of sp³-hybridized carbons (Fsp3) is 0.286. The van der Waals surface area contributed by atoms with Gasteiger partial charge in [0.15, 0.2) is 17.1 Å². The molecule has 4 aromatic carbocycles. The zero-order valence-corrected chi connectivity index (χ0v) is 30.4. The number of carbonyl (C=O) groups excluding carboxylic acids is 2. The van der Waals surface area contributed by atoms with Crippen LogP contribution in [0.5, 0.6) is 0 Å². The van der Waals surface area contributed by atoms with Gasteiger partial charge >= 0.3 is 0 Å². The van der Waals surface area contributed by atoms with Crippen LogP contribution < -0.4 is 16.5 Å². The third kappa shape index (κ3) is 12.1. The molecule has 0 aromatic heterocycles. The highest BCUT2D eigenvalue weighted by Gasteiger charge is 2.32. The molecule has 4 aromatic rings. The second-order valence-corrected chi connectivity index (χ2v) is 13.8. The van der Waals surface area contributed by atoms with Gasteiger partial charge in [0, 0.05) is 47.4 Å². The van der Waals surface area contributed by atoms with Gasteiger partial charge in [0.05, 0.1) is 24.5 Å². The standard InChI is InChI=1S/C42H47N3O7S/c1-29(50-41(33-14-8-5-9-15-33)40(43)32-12-6-4-7-13-32)53-28-36-26-37(31-20-18-30(27-46)19-21-31)52-42(51-36)34-22-24-35(25-23-34)44-38(47)16-10-2-3-11-17-39(48)45-49/h4-9,12-15,18-25,36-37,42,46,49H,1-3,10-11,16-17,26-28,43H2,(H,44,47)(H,45,48)/b41-40-. The largest absolute Gasteiger partial charge is 0.448 e. The van der Waals surface area contributed by atoms with Crippen LogP contribution in [0, 0.1) is 0 Å². The number of hydrogen-bond donors (Lipinski definition) is 5. The first kappa shape index (κ1) is 39.3. The first-order valence-electron chi connectivity index (χ1n) is 17.8. The Kier molecular flexibility index (Phi) is 15.1. The number of ether oxygens (including phenoxy) is 3. The van der Waals surface area contributed by atoms with E-state index < -0.39 is 12.2 Å². The van der Waals surface area contributed by atoms with Crippen molar-refractivity contribution in [3.63, 3.8) is 0 Å². The highest BCUT2D eigenvalue weighted by atomic mass is 32.2. The Balaban J connectivity index is 1.22. The lowest BCUT2D eigenvalue weighted by molar-refractivity contribution is -0.245. The van der Waals surface area contributed by atoms with Crippen molar-refractivity contribution in [3.05, 3.63) is 149 Å². The summed E-state index contributed by atoms with van der Waals surface area (Å²) in [5, 5.41) is 21.6. The molecular weight excluding hydrogens is 691 g/mol. The van der Waals surface area contributed by atoms with Crippen LogP contribution in [0.25, 0.3) is 11.5 Å². The van der Waals surface area contributed by atoms with E-state index in [2.05, 4.69) is 11.9 Å². The van der Waals surface area contributed by atoms with Crippen molar-refractivity contribution in [1.82, 2.24) is 5.48 Å². The Morgan fingerprint density at radius 1 is 0.792 bits per heavy atom. The Morgan fingerprint density at radius 2 is 1.40 bits per heavy atom. The van der Waals surface area contributed by atoms with Crippen molar-refractivity contribution in [2.45, 2.75) is 70.1 Å². The zero-order chi connectivity index (χ0) is 37.4. The minimum absolute atomic E-state index is 0.0402. The molecule has 1 aliphatic rings. The molecule has 3 unspecified atom stereocenters. The quantitative estimate of drug-likeness (QED) is 0.0224. The molecule has 6 N–H and O–H groups in total. The third-order valence-corrected chi connectivity index (χ3v) is 9.72. The number of unbranched alkanes of at least 4 members (excludes halogenated alkanes) is 3. The van der Waals surface area contributed by atoms with Crippen LogP contribution in [0.3, 0.4) is 0 Å². The lowest BCUT2D eigenvalue weighted by Gasteiger charge is -2.36. The zero-order valence-electron chi connectivity index (χ0n) is 29.6. The van der Waals surface area contributed by atoms with Crippen LogP contribution in [-0.4, -0.2) is 34.0 Å². The number of thioether (sulfide) groups is 1. The number of aliphatic hydroxyl groups is 1. The topological polar surface area (TPSA) is 152 Å².